The van der Waals surface area contributed by atoms with Crippen LogP contribution >= 0.6 is 15.9 Å². The summed E-state index contributed by atoms with van der Waals surface area (Å²) in [4.78, 5) is 0. The third-order valence-corrected chi connectivity index (χ3v) is 3.42. The van der Waals surface area contributed by atoms with Gasteiger partial charge in [-0.15, -0.1) is 0 Å². The van der Waals surface area contributed by atoms with Crippen molar-refractivity contribution in [1.29, 1.82) is 0 Å². The van der Waals surface area contributed by atoms with Crippen LogP contribution in [-0.4, -0.2) is 20.0 Å². The Morgan fingerprint density at radius 3 is 2.72 bits per heavy atom. The number of nitrogens with one attached hydrogen (secondary N) is 1. The highest BCUT2D eigenvalue weighted by Gasteiger charge is 2.16. The highest BCUT2D eigenvalue weighted by atomic mass is 79.9. The minimum Gasteiger partial charge on any atom is -0.383 e. The number of benzene rings is 1. The largest absolute Gasteiger partial charge is 0.383 e. The Hall–Kier alpha value is -1.82. The number of hydrogen-bond donors (Lipinski definition) is 2. The van der Waals surface area contributed by atoms with E-state index in [-0.39, 0.29) is 0 Å². The molecule has 0 spiro atoms. The fraction of sp³-hybridized carbons (Fsp3) is 0.167. The standard InChI is InChI=1S/C12H12BrN5/c1-2-9-10-11(14)15-16-12(10)18(17-9)8-5-3-7(13)4-6-8/h3-6H,2H2,1H3,(H3,14,15,16). The second-order valence-corrected chi connectivity index (χ2v) is 4.94. The molecule has 0 saturated heterocycles. The van der Waals surface area contributed by atoms with Crippen LogP contribution in [0.25, 0.3) is 16.7 Å². The van der Waals surface area contributed by atoms with E-state index >= 15 is 0 Å². The van der Waals surface area contributed by atoms with Crippen molar-refractivity contribution in [2.24, 2.45) is 0 Å². The van der Waals surface area contributed by atoms with Gasteiger partial charge in [0.2, 0.25) is 0 Å². The Balaban J connectivity index is 2.26. The van der Waals surface area contributed by atoms with Crippen LogP contribution in [0, 0.1) is 0 Å². The van der Waals surface area contributed by atoms with Gasteiger partial charge in [-0.1, -0.05) is 22.9 Å². The van der Waals surface area contributed by atoms with Gasteiger partial charge < -0.3 is 5.73 Å². The van der Waals surface area contributed by atoms with Crippen molar-refractivity contribution >= 4 is 32.8 Å². The Morgan fingerprint density at radius 1 is 1.33 bits per heavy atom. The van der Waals surface area contributed by atoms with Crippen molar-refractivity contribution in [3.05, 3.63) is 34.4 Å². The van der Waals surface area contributed by atoms with Crippen LogP contribution in [-0.2, 0) is 6.42 Å². The molecule has 2 aromatic heterocycles. The molecule has 0 aliphatic carbocycles. The molecule has 92 valence electrons. The molecule has 5 nitrogen and oxygen atoms in total. The van der Waals surface area contributed by atoms with E-state index in [0.29, 0.717) is 5.82 Å². The molecule has 3 N–H and O–H groups in total. The van der Waals surface area contributed by atoms with Gasteiger partial charge in [0.1, 0.15) is 5.82 Å². The van der Waals surface area contributed by atoms with Gasteiger partial charge in [0.05, 0.1) is 16.8 Å². The second-order valence-electron chi connectivity index (χ2n) is 4.02. The number of nitrogens with zero attached hydrogens (tertiary/aromatic N) is 3. The van der Waals surface area contributed by atoms with Gasteiger partial charge >= 0.3 is 0 Å². The lowest BCUT2D eigenvalue weighted by Gasteiger charge is -2.01. The molecule has 0 unspecified atom stereocenters. The van der Waals surface area contributed by atoms with Crippen molar-refractivity contribution in [1.82, 2.24) is 20.0 Å². The first kappa shape index (κ1) is 11.3. The summed E-state index contributed by atoms with van der Waals surface area (Å²) in [6.45, 7) is 2.06. The minimum atomic E-state index is 0.574. The summed E-state index contributed by atoms with van der Waals surface area (Å²) in [5, 5.41) is 12.5. The maximum absolute atomic E-state index is 5.89. The number of H-pyrrole nitrogens is 1. The first-order valence-electron chi connectivity index (χ1n) is 5.68. The van der Waals surface area contributed by atoms with Gasteiger partial charge in [0.25, 0.3) is 0 Å². The monoisotopic (exact) mass is 305 g/mol. The summed E-state index contributed by atoms with van der Waals surface area (Å²) in [6.07, 6.45) is 0.823. The number of aromatic nitrogens is 4. The molecule has 0 aliphatic rings. The zero-order valence-corrected chi connectivity index (χ0v) is 11.4. The molecule has 0 amide bonds. The smallest absolute Gasteiger partial charge is 0.186 e. The predicted molar refractivity (Wildman–Crippen MR) is 74.7 cm³/mol. The second kappa shape index (κ2) is 4.13. The van der Waals surface area contributed by atoms with Crippen molar-refractivity contribution in [3.63, 3.8) is 0 Å². The summed E-state index contributed by atoms with van der Waals surface area (Å²) in [5.41, 5.74) is 8.58. The van der Waals surface area contributed by atoms with Crippen molar-refractivity contribution in [2.45, 2.75) is 13.3 Å². The van der Waals surface area contributed by atoms with Crippen LogP contribution in [0.2, 0.25) is 0 Å². The van der Waals surface area contributed by atoms with Gasteiger partial charge in [-0.25, -0.2) is 4.68 Å². The van der Waals surface area contributed by atoms with E-state index in [1.165, 1.54) is 0 Å². The molecule has 0 bridgehead atoms. The van der Waals surface area contributed by atoms with Gasteiger partial charge in [-0.2, -0.15) is 10.2 Å². The maximum atomic E-state index is 5.89. The Labute approximate surface area is 112 Å². The summed E-state index contributed by atoms with van der Waals surface area (Å²) < 4.78 is 2.85. The topological polar surface area (TPSA) is 72.5 Å². The van der Waals surface area contributed by atoms with Crippen LogP contribution in [0.5, 0.6) is 0 Å². The normalized spacial score (nSPS) is 11.2. The van der Waals surface area contributed by atoms with Crippen LogP contribution in [0.1, 0.15) is 12.6 Å². The first-order chi connectivity index (χ1) is 8.70. The van der Waals surface area contributed by atoms with Crippen LogP contribution < -0.4 is 5.73 Å². The third-order valence-electron chi connectivity index (χ3n) is 2.89. The molecule has 18 heavy (non-hydrogen) atoms. The third kappa shape index (κ3) is 1.60. The van der Waals surface area contributed by atoms with Gasteiger partial charge in [-0.05, 0) is 30.7 Å². The van der Waals surface area contributed by atoms with Gasteiger partial charge in [0, 0.05) is 4.47 Å². The summed E-state index contributed by atoms with van der Waals surface area (Å²) >= 11 is 3.42. The van der Waals surface area contributed by atoms with Crippen LogP contribution in [0.3, 0.4) is 0 Å². The minimum absolute atomic E-state index is 0.574. The van der Waals surface area contributed by atoms with E-state index in [0.717, 1.165) is 33.3 Å². The maximum Gasteiger partial charge on any atom is 0.186 e. The molecule has 0 aliphatic heterocycles. The highest BCUT2D eigenvalue weighted by molar-refractivity contribution is 9.10. The fourth-order valence-electron chi connectivity index (χ4n) is 2.01. The Kier molecular flexibility index (Phi) is 2.59. The SMILES string of the molecule is CCc1nn(-c2ccc(Br)cc2)c2n[nH]c(N)c12. The number of nitrogen functional groups attached to an aromatic ring is 1. The van der Waals surface area contributed by atoms with Crippen LogP contribution in [0.15, 0.2) is 28.7 Å². The molecular weight excluding hydrogens is 294 g/mol. The zero-order chi connectivity index (χ0) is 12.7. The number of hydrogen-bond acceptors (Lipinski definition) is 3. The number of halogens is 1. The molecule has 3 aromatic rings. The van der Waals surface area contributed by atoms with E-state index in [1.807, 2.05) is 28.9 Å². The molecule has 2 heterocycles. The molecular formula is C12H12BrN5. The van der Waals surface area contributed by atoms with Crippen molar-refractivity contribution in [2.75, 3.05) is 5.73 Å². The van der Waals surface area contributed by atoms with Crippen LogP contribution in [0.4, 0.5) is 5.82 Å². The van der Waals surface area contributed by atoms with E-state index < -0.39 is 0 Å². The lowest BCUT2D eigenvalue weighted by molar-refractivity contribution is 0.844. The van der Waals surface area contributed by atoms with E-state index in [9.17, 15) is 0 Å². The Bertz CT molecular complexity index is 695. The molecule has 0 atom stereocenters. The number of aromatic amines is 1. The zero-order valence-electron chi connectivity index (χ0n) is 9.81. The molecule has 6 heteroatoms. The molecule has 0 fully saturated rings. The molecule has 3 rings (SSSR count). The molecule has 0 radical (unpaired) electrons. The number of anilines is 1. The average Bonchev–Trinajstić information content (AvgIpc) is 2.92. The summed E-state index contributed by atoms with van der Waals surface area (Å²) in [6, 6.07) is 7.93. The van der Waals surface area contributed by atoms with E-state index in [4.69, 9.17) is 5.73 Å². The lowest BCUT2D eigenvalue weighted by atomic mass is 10.2. The lowest BCUT2D eigenvalue weighted by Crippen LogP contribution is -1.98. The average molecular weight is 306 g/mol. The first-order valence-corrected chi connectivity index (χ1v) is 6.47. The fourth-order valence-corrected chi connectivity index (χ4v) is 2.28. The van der Waals surface area contributed by atoms with Crippen molar-refractivity contribution in [3.8, 4) is 5.69 Å². The van der Waals surface area contributed by atoms with Crippen molar-refractivity contribution < 1.29 is 0 Å². The van der Waals surface area contributed by atoms with Gasteiger partial charge in [0.15, 0.2) is 5.65 Å². The Morgan fingerprint density at radius 2 is 2.06 bits per heavy atom. The number of rotatable bonds is 2. The predicted octanol–water partition coefficient (Wildman–Crippen LogP) is 2.66. The number of fused-ring (bicyclic) bond motifs is 1. The summed E-state index contributed by atoms with van der Waals surface area (Å²) in [5.74, 6) is 0.574. The van der Waals surface area contributed by atoms with E-state index in [2.05, 4.69) is 38.1 Å². The molecule has 0 saturated carbocycles. The summed E-state index contributed by atoms with van der Waals surface area (Å²) in [7, 11) is 0. The number of aryl methyl sites for hydroxylation is 1. The number of nitrogens with two attached hydrogens (primary N) is 1. The highest BCUT2D eigenvalue weighted by Crippen LogP contribution is 2.25. The van der Waals surface area contributed by atoms with E-state index in [1.54, 1.807) is 0 Å². The van der Waals surface area contributed by atoms with Gasteiger partial charge in [-0.3, -0.25) is 5.10 Å². The molecule has 1 aromatic carbocycles. The quantitative estimate of drug-likeness (QED) is 0.764.